The van der Waals surface area contributed by atoms with Gasteiger partial charge in [-0.15, -0.1) is 13.2 Å². The molecule has 118 valence electrons. The molecule has 0 bridgehead atoms. The topological polar surface area (TPSA) is 47.6 Å². The van der Waals surface area contributed by atoms with E-state index in [0.717, 1.165) is 12.0 Å². The fourth-order valence-corrected chi connectivity index (χ4v) is 1.65. The molecular formula is C14H18F3NO3. The highest BCUT2D eigenvalue weighted by Crippen LogP contribution is 2.22. The molecule has 7 heteroatoms. The first kappa shape index (κ1) is 17.3. The Labute approximate surface area is 121 Å². The van der Waals surface area contributed by atoms with Gasteiger partial charge in [0.15, 0.2) is 0 Å². The smallest absolute Gasteiger partial charge is 0.406 e. The van der Waals surface area contributed by atoms with E-state index in [1.54, 1.807) is 7.11 Å². The molecule has 0 fully saturated rings. The van der Waals surface area contributed by atoms with Gasteiger partial charge in [0, 0.05) is 26.7 Å². The fraction of sp³-hybridized carbons (Fsp3) is 0.500. The van der Waals surface area contributed by atoms with Gasteiger partial charge in [-0.3, -0.25) is 4.79 Å². The van der Waals surface area contributed by atoms with Crippen molar-refractivity contribution >= 4 is 5.91 Å². The fourth-order valence-electron chi connectivity index (χ4n) is 1.65. The van der Waals surface area contributed by atoms with Crippen LogP contribution in [0.4, 0.5) is 13.2 Å². The summed E-state index contributed by atoms with van der Waals surface area (Å²) in [5.74, 6) is -0.364. The van der Waals surface area contributed by atoms with E-state index in [-0.39, 0.29) is 18.1 Å². The number of ether oxygens (including phenoxy) is 2. The lowest BCUT2D eigenvalue weighted by Gasteiger charge is -2.09. The first-order valence-corrected chi connectivity index (χ1v) is 6.51. The molecule has 0 aliphatic carbocycles. The molecule has 0 saturated carbocycles. The summed E-state index contributed by atoms with van der Waals surface area (Å²) >= 11 is 0. The number of benzene rings is 1. The van der Waals surface area contributed by atoms with Gasteiger partial charge in [0.2, 0.25) is 5.91 Å². The molecule has 1 amide bonds. The van der Waals surface area contributed by atoms with Gasteiger partial charge in [-0.25, -0.2) is 0 Å². The van der Waals surface area contributed by atoms with Crippen LogP contribution >= 0.6 is 0 Å². The zero-order chi connectivity index (χ0) is 15.7. The van der Waals surface area contributed by atoms with Crippen molar-refractivity contribution in [1.82, 2.24) is 5.32 Å². The monoisotopic (exact) mass is 305 g/mol. The summed E-state index contributed by atoms with van der Waals surface area (Å²) in [6, 6.07) is 5.50. The SMILES string of the molecule is COCCCNC(=O)CCc1ccc(OC(F)(F)F)cc1. The van der Waals surface area contributed by atoms with Gasteiger partial charge in [0.05, 0.1) is 0 Å². The molecule has 0 heterocycles. The molecule has 21 heavy (non-hydrogen) atoms. The van der Waals surface area contributed by atoms with Gasteiger partial charge >= 0.3 is 6.36 Å². The summed E-state index contributed by atoms with van der Waals surface area (Å²) < 4.78 is 44.6. The van der Waals surface area contributed by atoms with Gasteiger partial charge in [-0.2, -0.15) is 0 Å². The van der Waals surface area contributed by atoms with Crippen molar-refractivity contribution in [2.75, 3.05) is 20.3 Å². The number of methoxy groups -OCH3 is 1. The average Bonchev–Trinajstić information content (AvgIpc) is 2.41. The molecule has 4 nitrogen and oxygen atoms in total. The van der Waals surface area contributed by atoms with Crippen LogP contribution in [-0.4, -0.2) is 32.5 Å². The molecule has 0 aliphatic rings. The number of amides is 1. The van der Waals surface area contributed by atoms with Gasteiger partial charge in [0.1, 0.15) is 5.75 Å². The summed E-state index contributed by atoms with van der Waals surface area (Å²) in [5.41, 5.74) is 0.775. The Morgan fingerprint density at radius 3 is 2.48 bits per heavy atom. The molecule has 0 atom stereocenters. The second-order valence-corrected chi connectivity index (χ2v) is 4.39. The zero-order valence-corrected chi connectivity index (χ0v) is 11.7. The van der Waals surface area contributed by atoms with Crippen molar-refractivity contribution < 1.29 is 27.4 Å². The number of hydrogen-bond donors (Lipinski definition) is 1. The number of alkyl halides is 3. The predicted molar refractivity (Wildman–Crippen MR) is 70.9 cm³/mol. The van der Waals surface area contributed by atoms with Crippen LogP contribution in [0.15, 0.2) is 24.3 Å². The lowest BCUT2D eigenvalue weighted by Crippen LogP contribution is -2.25. The minimum Gasteiger partial charge on any atom is -0.406 e. The lowest BCUT2D eigenvalue weighted by atomic mass is 10.1. The van der Waals surface area contributed by atoms with Crippen molar-refractivity contribution in [1.29, 1.82) is 0 Å². The van der Waals surface area contributed by atoms with Gasteiger partial charge in [0.25, 0.3) is 0 Å². The largest absolute Gasteiger partial charge is 0.573 e. The Kier molecular flexibility index (Phi) is 7.01. The maximum Gasteiger partial charge on any atom is 0.573 e. The Morgan fingerprint density at radius 1 is 1.24 bits per heavy atom. The third-order valence-corrected chi connectivity index (χ3v) is 2.65. The second-order valence-electron chi connectivity index (χ2n) is 4.39. The van der Waals surface area contributed by atoms with Crippen molar-refractivity contribution in [2.24, 2.45) is 0 Å². The Bertz CT molecular complexity index is 432. The van der Waals surface area contributed by atoms with Crippen LogP contribution in [0.2, 0.25) is 0 Å². The van der Waals surface area contributed by atoms with E-state index in [2.05, 4.69) is 10.1 Å². The predicted octanol–water partition coefficient (Wildman–Crippen LogP) is 2.67. The molecule has 0 spiro atoms. The van der Waals surface area contributed by atoms with Crippen molar-refractivity contribution in [3.63, 3.8) is 0 Å². The number of hydrogen-bond acceptors (Lipinski definition) is 3. The molecule has 1 aromatic rings. The number of carbonyl (C=O) groups is 1. The van der Waals surface area contributed by atoms with Gasteiger partial charge in [-0.05, 0) is 30.5 Å². The Morgan fingerprint density at radius 2 is 1.90 bits per heavy atom. The van der Waals surface area contributed by atoms with Crippen LogP contribution in [0.1, 0.15) is 18.4 Å². The highest BCUT2D eigenvalue weighted by Gasteiger charge is 2.30. The first-order chi connectivity index (χ1) is 9.90. The number of rotatable bonds is 8. The Balaban J connectivity index is 2.30. The van der Waals surface area contributed by atoms with E-state index in [4.69, 9.17) is 4.74 Å². The first-order valence-electron chi connectivity index (χ1n) is 6.51. The van der Waals surface area contributed by atoms with E-state index >= 15 is 0 Å². The number of carbonyl (C=O) groups excluding carboxylic acids is 1. The van der Waals surface area contributed by atoms with Crippen molar-refractivity contribution in [2.45, 2.75) is 25.6 Å². The quantitative estimate of drug-likeness (QED) is 0.751. The number of halogens is 3. The molecule has 1 N–H and O–H groups in total. The van der Waals surface area contributed by atoms with Crippen LogP contribution < -0.4 is 10.1 Å². The van der Waals surface area contributed by atoms with Gasteiger partial charge in [-0.1, -0.05) is 12.1 Å². The lowest BCUT2D eigenvalue weighted by molar-refractivity contribution is -0.274. The third kappa shape index (κ3) is 8.19. The summed E-state index contributed by atoms with van der Waals surface area (Å²) in [6.45, 7) is 1.13. The van der Waals surface area contributed by atoms with E-state index in [0.29, 0.717) is 19.6 Å². The molecule has 0 unspecified atom stereocenters. The summed E-state index contributed by atoms with van der Waals surface area (Å²) in [5, 5.41) is 2.74. The van der Waals surface area contributed by atoms with E-state index < -0.39 is 6.36 Å². The van der Waals surface area contributed by atoms with Crippen molar-refractivity contribution in [3.8, 4) is 5.75 Å². The standard InChI is InChI=1S/C14H18F3NO3/c1-20-10-2-9-18-13(19)8-5-11-3-6-12(7-4-11)21-14(15,16)17/h3-4,6-7H,2,5,8-10H2,1H3,(H,18,19). The third-order valence-electron chi connectivity index (χ3n) is 2.65. The van der Waals surface area contributed by atoms with E-state index in [1.165, 1.54) is 24.3 Å². The Hall–Kier alpha value is -1.76. The average molecular weight is 305 g/mol. The van der Waals surface area contributed by atoms with E-state index in [1.807, 2.05) is 0 Å². The molecule has 1 rings (SSSR count). The van der Waals surface area contributed by atoms with Crippen LogP contribution in [0.5, 0.6) is 5.75 Å². The molecule has 0 saturated heterocycles. The number of nitrogens with one attached hydrogen (secondary N) is 1. The summed E-state index contributed by atoms with van der Waals surface area (Å²) in [6.07, 6.45) is -3.20. The highest BCUT2D eigenvalue weighted by atomic mass is 19.4. The zero-order valence-electron chi connectivity index (χ0n) is 11.7. The van der Waals surface area contributed by atoms with Crippen LogP contribution in [-0.2, 0) is 16.0 Å². The van der Waals surface area contributed by atoms with E-state index in [9.17, 15) is 18.0 Å². The minimum absolute atomic E-state index is 0.0956. The summed E-state index contributed by atoms with van der Waals surface area (Å²) in [7, 11) is 1.59. The van der Waals surface area contributed by atoms with Gasteiger partial charge < -0.3 is 14.8 Å². The molecule has 0 aromatic heterocycles. The second kappa shape index (κ2) is 8.51. The maximum absolute atomic E-state index is 12.0. The van der Waals surface area contributed by atoms with Crippen LogP contribution in [0, 0.1) is 0 Å². The molecular weight excluding hydrogens is 287 g/mol. The minimum atomic E-state index is -4.69. The van der Waals surface area contributed by atoms with Crippen molar-refractivity contribution in [3.05, 3.63) is 29.8 Å². The van der Waals surface area contributed by atoms with Crippen LogP contribution in [0.25, 0.3) is 0 Å². The molecule has 0 radical (unpaired) electrons. The summed E-state index contributed by atoms with van der Waals surface area (Å²) in [4.78, 5) is 11.5. The molecule has 0 aliphatic heterocycles. The molecule has 1 aromatic carbocycles. The number of aryl methyl sites for hydroxylation is 1. The van der Waals surface area contributed by atoms with Crippen LogP contribution in [0.3, 0.4) is 0 Å². The normalized spacial score (nSPS) is 11.2. The highest BCUT2D eigenvalue weighted by molar-refractivity contribution is 5.76. The maximum atomic E-state index is 12.0.